The van der Waals surface area contributed by atoms with Gasteiger partial charge < -0.3 is 42.0 Å². The van der Waals surface area contributed by atoms with E-state index in [4.69, 9.17) is 0 Å². The smallest absolute Gasteiger partial charge is 1.00 e. The van der Waals surface area contributed by atoms with Crippen LogP contribution >= 0.6 is 0 Å². The van der Waals surface area contributed by atoms with E-state index in [1.165, 1.54) is 0 Å². The van der Waals surface area contributed by atoms with Gasteiger partial charge in [0.15, 0.2) is 0 Å². The molecule has 5 heteroatoms. The minimum absolute atomic E-state index is 0. The molecule has 0 bridgehead atoms. The van der Waals surface area contributed by atoms with Crippen molar-refractivity contribution in [3.8, 4) is 0 Å². The largest absolute Gasteiger partial charge is 3.00 e. The van der Waals surface area contributed by atoms with Crippen molar-refractivity contribution in [2.75, 3.05) is 14.2 Å². The Kier molecular flexibility index (Phi) is 276. The van der Waals surface area contributed by atoms with Crippen LogP contribution < -0.4 is 37.2 Å². The molecule has 0 aliphatic rings. The summed E-state index contributed by atoms with van der Waals surface area (Å²) < 4.78 is 4.25. The van der Waals surface area contributed by atoms with Crippen LogP contribution in [0.1, 0.15) is 0 Å². The van der Waals surface area contributed by atoms with Gasteiger partial charge in [0.1, 0.15) is 0 Å². The molecule has 0 aromatic carbocycles. The van der Waals surface area contributed by atoms with Gasteiger partial charge in [-0.25, -0.2) is 0 Å². The molecule has 0 saturated heterocycles. The molecule has 0 aliphatic heterocycles. The molecule has 1 radical (unpaired) electrons. The second kappa shape index (κ2) is 49.9. The second-order valence-corrected chi connectivity index (χ2v) is 0.408. The van der Waals surface area contributed by atoms with Gasteiger partial charge in [-0.05, 0) is 0 Å². The zero-order chi connectivity index (χ0) is 2.71. The molecule has 0 rings (SSSR count). The van der Waals surface area contributed by atoms with Crippen LogP contribution in [0.5, 0.6) is 0 Å². The topological polar surface area (TPSA) is 9.23 Å². The average molecular weight is 200 g/mol. The van der Waals surface area contributed by atoms with Gasteiger partial charge in [0, 0.05) is 14.2 Å². The third-order valence-electron chi connectivity index (χ3n) is 0. The van der Waals surface area contributed by atoms with Crippen LogP contribution in [0.3, 0.4) is 0 Å². The quantitative estimate of drug-likeness (QED) is 0.353. The molecule has 0 fully saturated rings. The number of halogens is 3. The maximum atomic E-state index is 4.25. The summed E-state index contributed by atoms with van der Waals surface area (Å²) >= 11 is 0. The Bertz CT molecular complexity index is 12.9. The molecule has 0 unspecified atom stereocenters. The summed E-state index contributed by atoms with van der Waals surface area (Å²) in [5.41, 5.74) is 0. The first-order valence-corrected chi connectivity index (χ1v) is 0.816. The minimum atomic E-state index is 0. The zero-order valence-electron chi connectivity index (χ0n) is 4.04. The zero-order valence-corrected chi connectivity index (χ0v) is 7.87. The van der Waals surface area contributed by atoms with Gasteiger partial charge in [-0.2, -0.15) is 0 Å². The van der Waals surface area contributed by atoms with E-state index in [-0.39, 0.29) is 58.9 Å². The number of rotatable bonds is 0. The summed E-state index contributed by atoms with van der Waals surface area (Å²) in [6, 6.07) is 0. The van der Waals surface area contributed by atoms with E-state index in [9.17, 15) is 0 Å². The van der Waals surface area contributed by atoms with Gasteiger partial charge in [0.05, 0.1) is 0 Å². The van der Waals surface area contributed by atoms with Crippen LogP contribution in [0.2, 0.25) is 0 Å². The Morgan fingerprint density at radius 2 is 0.857 bits per heavy atom. The fraction of sp³-hybridized carbons (Fsp3) is 1.00. The van der Waals surface area contributed by atoms with Crippen LogP contribution in [0.4, 0.5) is 0 Å². The molecule has 0 aromatic heterocycles. The molecule has 0 spiro atoms. The molecule has 45 valence electrons. The van der Waals surface area contributed by atoms with Crippen molar-refractivity contribution in [3.05, 3.63) is 0 Å². The Morgan fingerprint density at radius 1 is 0.857 bits per heavy atom. The molecule has 1 nitrogen and oxygen atoms in total. The summed E-state index contributed by atoms with van der Waals surface area (Å²) in [4.78, 5) is 0. The predicted molar refractivity (Wildman–Crippen MR) is 12.9 cm³/mol. The van der Waals surface area contributed by atoms with E-state index in [1.54, 1.807) is 14.2 Å². The maximum Gasteiger partial charge on any atom is 3.00 e. The van der Waals surface area contributed by atoms with Crippen molar-refractivity contribution in [1.82, 2.24) is 0 Å². The first-order valence-electron chi connectivity index (χ1n) is 0.816. The van der Waals surface area contributed by atoms with E-state index < -0.39 is 0 Å². The fourth-order valence-corrected chi connectivity index (χ4v) is 0. The van der Waals surface area contributed by atoms with Gasteiger partial charge in [0.2, 0.25) is 0 Å². The van der Waals surface area contributed by atoms with Gasteiger partial charge in [0.25, 0.3) is 0 Å². The van der Waals surface area contributed by atoms with Crippen molar-refractivity contribution >= 4 is 0 Å². The van der Waals surface area contributed by atoms with Crippen LogP contribution in [0.25, 0.3) is 0 Å². The maximum absolute atomic E-state index is 4.25. The second-order valence-electron chi connectivity index (χ2n) is 0.408. The summed E-state index contributed by atoms with van der Waals surface area (Å²) in [7, 11) is 3.25. The monoisotopic (exact) mass is 199 g/mol. The molecule has 0 aromatic rings. The molecule has 0 amide bonds. The molecule has 7 heavy (non-hydrogen) atoms. The summed E-state index contributed by atoms with van der Waals surface area (Å²) in [5, 5.41) is 0. The van der Waals surface area contributed by atoms with E-state index in [2.05, 4.69) is 4.74 Å². The molecule has 0 saturated carbocycles. The van der Waals surface area contributed by atoms with E-state index in [1.807, 2.05) is 0 Å². The standard InChI is InChI=1S/C2H6O.3ClH.Ti/c1-3-2;;;;/h1-2H3;3*1H;/q;;;;+3/p-3. The van der Waals surface area contributed by atoms with E-state index >= 15 is 0 Å². The molecular weight excluding hydrogens is 194 g/mol. The molecular formula is C2H6Cl3OTi. The summed E-state index contributed by atoms with van der Waals surface area (Å²) in [6.45, 7) is 0. The van der Waals surface area contributed by atoms with Gasteiger partial charge in [-0.3, -0.25) is 0 Å². The van der Waals surface area contributed by atoms with E-state index in [0.29, 0.717) is 0 Å². The Morgan fingerprint density at radius 3 is 0.857 bits per heavy atom. The minimum Gasteiger partial charge on any atom is -1.00 e. The Hall–Kier alpha value is 1.54. The molecule has 0 N–H and O–H groups in total. The van der Waals surface area contributed by atoms with Crippen LogP contribution in [0.15, 0.2) is 0 Å². The Balaban J connectivity index is -0.00000000333. The van der Waals surface area contributed by atoms with Gasteiger partial charge >= 0.3 is 21.7 Å². The van der Waals surface area contributed by atoms with Crippen LogP contribution in [-0.4, -0.2) is 14.2 Å². The van der Waals surface area contributed by atoms with Crippen molar-refractivity contribution in [2.24, 2.45) is 0 Å². The van der Waals surface area contributed by atoms with Crippen LogP contribution in [0, 0.1) is 0 Å². The number of hydrogen-bond donors (Lipinski definition) is 0. The van der Waals surface area contributed by atoms with E-state index in [0.717, 1.165) is 0 Å². The number of ether oxygens (including phenoxy) is 1. The van der Waals surface area contributed by atoms with Crippen molar-refractivity contribution < 1.29 is 63.7 Å². The third kappa shape index (κ3) is 97.2. The average Bonchev–Trinajstić information content (AvgIpc) is 0.918. The normalized spacial score (nSPS) is 2.57. The third-order valence-corrected chi connectivity index (χ3v) is 0. The van der Waals surface area contributed by atoms with Gasteiger partial charge in [-0.1, -0.05) is 0 Å². The van der Waals surface area contributed by atoms with Crippen molar-refractivity contribution in [3.63, 3.8) is 0 Å². The predicted octanol–water partition coefficient (Wildman–Crippen LogP) is -8.73. The van der Waals surface area contributed by atoms with Crippen molar-refractivity contribution in [2.45, 2.75) is 0 Å². The van der Waals surface area contributed by atoms with Crippen LogP contribution in [-0.2, 0) is 26.5 Å². The van der Waals surface area contributed by atoms with Crippen molar-refractivity contribution in [1.29, 1.82) is 0 Å². The first kappa shape index (κ1) is 38.7. The Labute approximate surface area is 77.7 Å². The first-order chi connectivity index (χ1) is 1.41. The number of methoxy groups -OCH3 is 1. The fourth-order valence-electron chi connectivity index (χ4n) is 0. The summed E-state index contributed by atoms with van der Waals surface area (Å²) in [5.74, 6) is 0. The number of hydrogen-bond acceptors (Lipinski definition) is 1. The molecule has 0 atom stereocenters. The molecule has 0 heterocycles. The molecule has 0 aliphatic carbocycles. The SMILES string of the molecule is COC.[Cl-].[Cl-].[Cl-].[Ti+3]. The summed E-state index contributed by atoms with van der Waals surface area (Å²) in [6.07, 6.45) is 0. The van der Waals surface area contributed by atoms with Gasteiger partial charge in [-0.15, -0.1) is 0 Å².